The van der Waals surface area contributed by atoms with Gasteiger partial charge in [-0.2, -0.15) is 0 Å². The van der Waals surface area contributed by atoms with Gasteiger partial charge in [0.25, 0.3) is 5.56 Å². The second-order valence-corrected chi connectivity index (χ2v) is 9.37. The van der Waals surface area contributed by atoms with Crippen LogP contribution in [-0.4, -0.2) is 40.3 Å². The highest BCUT2D eigenvalue weighted by Crippen LogP contribution is 2.44. The number of ether oxygens (including phenoxy) is 2. The Labute approximate surface area is 230 Å². The number of carbonyl (C=O) groups is 1. The Kier molecular flexibility index (Phi) is 7.43. The molecule has 9 nitrogen and oxygen atoms in total. The van der Waals surface area contributed by atoms with Crippen molar-refractivity contribution in [3.63, 3.8) is 0 Å². The topological polar surface area (TPSA) is 107 Å². The normalized spacial score (nSPS) is 14.8. The third kappa shape index (κ3) is 4.73. The van der Waals surface area contributed by atoms with Crippen molar-refractivity contribution >= 4 is 11.7 Å². The molecule has 40 heavy (non-hydrogen) atoms. The van der Waals surface area contributed by atoms with E-state index in [4.69, 9.17) is 9.47 Å². The average molecular weight is 542 g/mol. The summed E-state index contributed by atoms with van der Waals surface area (Å²) >= 11 is 0. The van der Waals surface area contributed by atoms with Crippen LogP contribution in [0.15, 0.2) is 96.1 Å². The van der Waals surface area contributed by atoms with E-state index in [0.29, 0.717) is 28.1 Å². The van der Waals surface area contributed by atoms with Crippen molar-refractivity contribution in [3.8, 4) is 11.3 Å². The number of hydrogen-bond donors (Lipinski definition) is 2. The van der Waals surface area contributed by atoms with Gasteiger partial charge in [0, 0.05) is 23.5 Å². The smallest absolute Gasteiger partial charge is 0.295 e. The quantitative estimate of drug-likeness (QED) is 0.348. The molecule has 2 N–H and O–H groups in total. The third-order valence-corrected chi connectivity index (χ3v) is 6.85. The molecule has 0 saturated carbocycles. The summed E-state index contributed by atoms with van der Waals surface area (Å²) in [6, 6.07) is 16.4. The lowest BCUT2D eigenvalue weighted by molar-refractivity contribution is -0.117. The number of rotatable bonds is 8. The molecule has 1 amide bonds. The fraction of sp³-hybridized carbons (Fsp3) is 0.200. The van der Waals surface area contributed by atoms with Crippen molar-refractivity contribution in [3.05, 3.63) is 124 Å². The Morgan fingerprint density at radius 3 is 2.52 bits per heavy atom. The van der Waals surface area contributed by atoms with E-state index >= 15 is 0 Å². The molecule has 10 heteroatoms. The molecule has 2 aromatic carbocycles. The van der Waals surface area contributed by atoms with Crippen LogP contribution in [0.1, 0.15) is 23.6 Å². The second kappa shape index (κ2) is 11.1. The number of hydrogen-bond acceptors (Lipinski definition) is 7. The minimum Gasteiger partial charge on any atom is -0.461 e. The zero-order valence-electron chi connectivity index (χ0n) is 22.2. The highest BCUT2D eigenvalue weighted by molar-refractivity contribution is 5.93. The first-order chi connectivity index (χ1) is 19.4. The van der Waals surface area contributed by atoms with E-state index in [2.05, 4.69) is 20.6 Å². The molecule has 204 valence electrons. The number of halogens is 1. The summed E-state index contributed by atoms with van der Waals surface area (Å²) in [5, 5.41) is 5.51. The largest absolute Gasteiger partial charge is 0.461 e. The van der Waals surface area contributed by atoms with Gasteiger partial charge in [0.05, 0.1) is 17.9 Å². The third-order valence-electron chi connectivity index (χ3n) is 6.85. The number of aromatic nitrogens is 3. The molecule has 2 aromatic heterocycles. The average Bonchev–Trinajstić information content (AvgIpc) is 3.51. The van der Waals surface area contributed by atoms with Crippen LogP contribution in [-0.2, 0) is 19.8 Å². The van der Waals surface area contributed by atoms with Gasteiger partial charge in [0.2, 0.25) is 12.7 Å². The molecule has 0 radical (unpaired) electrons. The summed E-state index contributed by atoms with van der Waals surface area (Å²) in [6.45, 7) is 3.55. The minimum atomic E-state index is -1.45. The SMILES string of the molecule is CN[C@@H](C)C(=O)Nc1ncc(-c2ccc(F)cc2)n(C(C2=COCO2)(c2cccnc2)c2cccc(C)c2)c1=O. The predicted octanol–water partition coefficient (Wildman–Crippen LogP) is 3.94. The molecule has 4 aromatic rings. The van der Waals surface area contributed by atoms with Gasteiger partial charge in [-0.05, 0) is 56.8 Å². The Morgan fingerprint density at radius 2 is 1.88 bits per heavy atom. The van der Waals surface area contributed by atoms with E-state index in [9.17, 15) is 14.0 Å². The first-order valence-corrected chi connectivity index (χ1v) is 12.7. The number of nitrogens with one attached hydrogen (secondary N) is 2. The Morgan fingerprint density at radius 1 is 1.10 bits per heavy atom. The standard InChI is InChI=1S/C30H28FN5O4/c1-19-6-4-7-22(14-19)30(26-17-39-18-40-26,23-8-5-13-33-15-23)36-25(21-9-11-24(31)12-10-21)16-34-27(29(36)38)35-28(37)20(2)32-3/h4-17,20,32H,18H2,1-3H3,(H,34,35,37)/t20-,30?/m0/s1. The van der Waals surface area contributed by atoms with Crippen LogP contribution in [0.5, 0.6) is 0 Å². The van der Waals surface area contributed by atoms with E-state index < -0.39 is 28.9 Å². The Balaban J connectivity index is 1.93. The van der Waals surface area contributed by atoms with E-state index in [-0.39, 0.29) is 12.6 Å². The monoisotopic (exact) mass is 541 g/mol. The second-order valence-electron chi connectivity index (χ2n) is 9.37. The maximum absolute atomic E-state index is 14.6. The number of allylic oxidation sites excluding steroid dienone is 1. The molecule has 3 heterocycles. The first-order valence-electron chi connectivity index (χ1n) is 12.7. The summed E-state index contributed by atoms with van der Waals surface area (Å²) in [5.74, 6) is -0.722. The highest BCUT2D eigenvalue weighted by Gasteiger charge is 2.47. The van der Waals surface area contributed by atoms with Gasteiger partial charge in [-0.3, -0.25) is 19.1 Å². The fourth-order valence-corrected chi connectivity index (χ4v) is 4.75. The summed E-state index contributed by atoms with van der Waals surface area (Å²) in [6.07, 6.45) is 6.23. The van der Waals surface area contributed by atoms with Gasteiger partial charge in [-0.15, -0.1) is 0 Å². The van der Waals surface area contributed by atoms with Gasteiger partial charge in [0.15, 0.2) is 17.1 Å². The lowest BCUT2D eigenvalue weighted by atomic mass is 9.80. The number of aryl methyl sites for hydroxylation is 1. The number of likely N-dealkylation sites (N-methyl/N-ethyl adjacent to an activating group) is 1. The maximum atomic E-state index is 14.6. The van der Waals surface area contributed by atoms with Crippen molar-refractivity contribution in [2.75, 3.05) is 19.2 Å². The molecule has 0 aliphatic carbocycles. The number of carbonyl (C=O) groups excluding carboxylic acids is 1. The molecule has 5 rings (SSSR count). The molecule has 1 aliphatic rings. The molecule has 0 spiro atoms. The van der Waals surface area contributed by atoms with Gasteiger partial charge in [-0.1, -0.05) is 35.9 Å². The van der Waals surface area contributed by atoms with Crippen LogP contribution in [0.4, 0.5) is 10.2 Å². The van der Waals surface area contributed by atoms with E-state index in [0.717, 1.165) is 5.56 Å². The number of benzene rings is 2. The van der Waals surface area contributed by atoms with Crippen LogP contribution in [0.3, 0.4) is 0 Å². The number of amides is 1. The zero-order chi connectivity index (χ0) is 28.3. The summed E-state index contributed by atoms with van der Waals surface area (Å²) < 4.78 is 27.0. The van der Waals surface area contributed by atoms with Gasteiger partial charge >= 0.3 is 0 Å². The molecule has 1 unspecified atom stereocenters. The molecule has 0 bridgehead atoms. The number of pyridine rings is 1. The molecule has 0 fully saturated rings. The molecular weight excluding hydrogens is 513 g/mol. The van der Waals surface area contributed by atoms with Crippen LogP contribution in [0, 0.1) is 12.7 Å². The summed E-state index contributed by atoms with van der Waals surface area (Å²) in [5.41, 5.74) is 1.02. The maximum Gasteiger partial charge on any atom is 0.295 e. The van der Waals surface area contributed by atoms with Gasteiger partial charge in [0.1, 0.15) is 12.1 Å². The van der Waals surface area contributed by atoms with Crippen molar-refractivity contribution in [1.29, 1.82) is 0 Å². The summed E-state index contributed by atoms with van der Waals surface area (Å²) in [4.78, 5) is 36.1. The van der Waals surface area contributed by atoms with E-state index in [1.807, 2.05) is 37.3 Å². The van der Waals surface area contributed by atoms with Crippen LogP contribution < -0.4 is 16.2 Å². The highest BCUT2D eigenvalue weighted by atomic mass is 19.1. The Hall–Kier alpha value is -4.83. The lowest BCUT2D eigenvalue weighted by Gasteiger charge is -2.38. The van der Waals surface area contributed by atoms with E-state index in [1.54, 1.807) is 44.6 Å². The fourth-order valence-electron chi connectivity index (χ4n) is 4.75. The van der Waals surface area contributed by atoms with Crippen LogP contribution >= 0.6 is 0 Å². The van der Waals surface area contributed by atoms with Gasteiger partial charge in [-0.25, -0.2) is 9.37 Å². The molecule has 2 atom stereocenters. The van der Waals surface area contributed by atoms with Crippen LogP contribution in [0.2, 0.25) is 0 Å². The number of anilines is 1. The summed E-state index contributed by atoms with van der Waals surface area (Å²) in [7, 11) is 1.64. The molecular formula is C30H28FN5O4. The first kappa shape index (κ1) is 26.8. The van der Waals surface area contributed by atoms with Crippen molar-refractivity contribution in [2.24, 2.45) is 0 Å². The number of nitrogens with zero attached hydrogens (tertiary/aromatic N) is 3. The minimum absolute atomic E-state index is 0.0574. The zero-order valence-corrected chi connectivity index (χ0v) is 22.2. The van der Waals surface area contributed by atoms with Crippen molar-refractivity contribution in [2.45, 2.75) is 25.4 Å². The van der Waals surface area contributed by atoms with Crippen molar-refractivity contribution < 1.29 is 18.7 Å². The van der Waals surface area contributed by atoms with E-state index in [1.165, 1.54) is 29.2 Å². The van der Waals surface area contributed by atoms with Crippen LogP contribution in [0.25, 0.3) is 11.3 Å². The van der Waals surface area contributed by atoms with Crippen molar-refractivity contribution in [1.82, 2.24) is 19.9 Å². The molecule has 0 saturated heterocycles. The van der Waals surface area contributed by atoms with Gasteiger partial charge < -0.3 is 20.1 Å². The molecule has 1 aliphatic heterocycles. The predicted molar refractivity (Wildman–Crippen MR) is 148 cm³/mol. The Bertz CT molecular complexity index is 1620. The lowest BCUT2D eigenvalue weighted by Crippen LogP contribution is -2.47.